The van der Waals surface area contributed by atoms with Gasteiger partial charge in [-0.1, -0.05) is 30.3 Å². The number of halogens is 1. The summed E-state index contributed by atoms with van der Waals surface area (Å²) in [5.41, 5.74) is 2.17. The van der Waals surface area contributed by atoms with E-state index in [-0.39, 0.29) is 23.5 Å². The summed E-state index contributed by atoms with van der Waals surface area (Å²) in [5, 5.41) is 0. The summed E-state index contributed by atoms with van der Waals surface area (Å²) in [6.45, 7) is 3.87. The number of nitrogens with zero attached hydrogens (tertiary/aromatic N) is 3. The first-order valence-corrected chi connectivity index (χ1v) is 10.2. The molecule has 0 radical (unpaired) electrons. The average Bonchev–Trinajstić information content (AvgIpc) is 3.14. The van der Waals surface area contributed by atoms with Crippen molar-refractivity contribution in [3.8, 4) is 0 Å². The molecule has 6 heteroatoms. The first kappa shape index (κ1) is 19.4. The van der Waals surface area contributed by atoms with Crippen molar-refractivity contribution in [1.82, 2.24) is 9.80 Å². The van der Waals surface area contributed by atoms with E-state index in [1.807, 2.05) is 28.0 Å². The largest absolute Gasteiger partial charge is 0.368 e. The van der Waals surface area contributed by atoms with Crippen LogP contribution in [-0.4, -0.2) is 60.9 Å². The van der Waals surface area contributed by atoms with Crippen LogP contribution in [0.5, 0.6) is 0 Å². The highest BCUT2D eigenvalue weighted by molar-refractivity contribution is 5.89. The lowest BCUT2D eigenvalue weighted by Crippen LogP contribution is -2.50. The first-order chi connectivity index (χ1) is 14.1. The van der Waals surface area contributed by atoms with Crippen LogP contribution in [0.1, 0.15) is 12.0 Å². The summed E-state index contributed by atoms with van der Waals surface area (Å²) >= 11 is 0. The number of carbonyl (C=O) groups is 2. The van der Waals surface area contributed by atoms with E-state index < -0.39 is 0 Å². The van der Waals surface area contributed by atoms with Crippen LogP contribution in [-0.2, 0) is 16.0 Å². The van der Waals surface area contributed by atoms with Crippen LogP contribution in [0.3, 0.4) is 0 Å². The maximum absolute atomic E-state index is 13.1. The molecule has 0 saturated carbocycles. The standard InChI is InChI=1S/C23H26FN3O2/c24-20-6-8-21(9-7-20)25-12-14-26(15-13-25)23(29)19-16-22(28)27(17-19)11-10-18-4-2-1-3-5-18/h1-9,19H,10-17H2/t19-/m1/s1. The van der Waals surface area contributed by atoms with E-state index in [0.29, 0.717) is 32.6 Å². The van der Waals surface area contributed by atoms with E-state index in [0.717, 1.165) is 25.2 Å². The van der Waals surface area contributed by atoms with Gasteiger partial charge in [0.25, 0.3) is 0 Å². The molecule has 0 aliphatic carbocycles. The van der Waals surface area contributed by atoms with Gasteiger partial charge < -0.3 is 14.7 Å². The van der Waals surface area contributed by atoms with Crippen LogP contribution in [0.4, 0.5) is 10.1 Å². The molecule has 2 saturated heterocycles. The number of carbonyl (C=O) groups excluding carboxylic acids is 2. The molecule has 0 bridgehead atoms. The molecule has 0 spiro atoms. The number of rotatable bonds is 5. The van der Waals surface area contributed by atoms with Gasteiger partial charge in [-0.2, -0.15) is 0 Å². The van der Waals surface area contributed by atoms with Crippen molar-refractivity contribution in [2.75, 3.05) is 44.2 Å². The number of likely N-dealkylation sites (tertiary alicyclic amines) is 1. The van der Waals surface area contributed by atoms with Gasteiger partial charge in [-0.05, 0) is 36.2 Å². The molecule has 2 amide bonds. The molecule has 2 aliphatic rings. The van der Waals surface area contributed by atoms with Crippen molar-refractivity contribution < 1.29 is 14.0 Å². The third kappa shape index (κ3) is 4.58. The maximum Gasteiger partial charge on any atom is 0.228 e. The Kier molecular flexibility index (Phi) is 5.79. The quantitative estimate of drug-likeness (QED) is 0.782. The third-order valence-corrected chi connectivity index (χ3v) is 5.86. The van der Waals surface area contributed by atoms with Gasteiger partial charge in [0.1, 0.15) is 5.82 Å². The van der Waals surface area contributed by atoms with Crippen molar-refractivity contribution in [1.29, 1.82) is 0 Å². The summed E-state index contributed by atoms with van der Waals surface area (Å²) in [5.74, 6) is -0.329. The Morgan fingerprint density at radius 1 is 0.966 bits per heavy atom. The maximum atomic E-state index is 13.1. The molecule has 2 aliphatic heterocycles. The van der Waals surface area contributed by atoms with E-state index in [1.165, 1.54) is 17.7 Å². The molecule has 2 aromatic rings. The minimum atomic E-state index is -0.245. The monoisotopic (exact) mass is 395 g/mol. The van der Waals surface area contributed by atoms with Gasteiger partial charge in [-0.25, -0.2) is 4.39 Å². The summed E-state index contributed by atoms with van der Waals surface area (Å²) in [6.07, 6.45) is 1.12. The van der Waals surface area contributed by atoms with E-state index in [1.54, 1.807) is 12.1 Å². The predicted octanol–water partition coefficient (Wildman–Crippen LogP) is 2.57. The Morgan fingerprint density at radius 3 is 2.34 bits per heavy atom. The Balaban J connectivity index is 1.28. The molecule has 2 heterocycles. The minimum absolute atomic E-state index is 0.0734. The topological polar surface area (TPSA) is 43.9 Å². The first-order valence-electron chi connectivity index (χ1n) is 10.2. The average molecular weight is 395 g/mol. The number of amides is 2. The van der Waals surface area contributed by atoms with E-state index in [2.05, 4.69) is 17.0 Å². The lowest BCUT2D eigenvalue weighted by atomic mass is 10.1. The zero-order chi connectivity index (χ0) is 20.2. The van der Waals surface area contributed by atoms with Crippen molar-refractivity contribution in [2.45, 2.75) is 12.8 Å². The Morgan fingerprint density at radius 2 is 1.66 bits per heavy atom. The van der Waals surface area contributed by atoms with Crippen LogP contribution >= 0.6 is 0 Å². The Labute approximate surface area is 170 Å². The van der Waals surface area contributed by atoms with E-state index >= 15 is 0 Å². The van der Waals surface area contributed by atoms with Gasteiger partial charge in [0.2, 0.25) is 11.8 Å². The van der Waals surface area contributed by atoms with Crippen LogP contribution < -0.4 is 4.90 Å². The smallest absolute Gasteiger partial charge is 0.228 e. The van der Waals surface area contributed by atoms with E-state index in [4.69, 9.17) is 0 Å². The number of anilines is 1. The van der Waals surface area contributed by atoms with Crippen molar-refractivity contribution >= 4 is 17.5 Å². The van der Waals surface area contributed by atoms with Gasteiger partial charge in [0.05, 0.1) is 5.92 Å². The second-order valence-electron chi connectivity index (χ2n) is 7.77. The Bertz CT molecular complexity index is 848. The summed E-state index contributed by atoms with van der Waals surface area (Å²) in [4.78, 5) is 31.2. The van der Waals surface area contributed by atoms with Crippen LogP contribution in [0.25, 0.3) is 0 Å². The normalized spacial score (nSPS) is 19.7. The van der Waals surface area contributed by atoms with Crippen LogP contribution in [0.2, 0.25) is 0 Å². The van der Waals surface area contributed by atoms with E-state index in [9.17, 15) is 14.0 Å². The highest BCUT2D eigenvalue weighted by atomic mass is 19.1. The molecule has 2 fully saturated rings. The SMILES string of the molecule is O=C1C[C@@H](C(=O)N2CCN(c3ccc(F)cc3)CC2)CN1CCc1ccccc1. The molecule has 5 nitrogen and oxygen atoms in total. The van der Waals surface area contributed by atoms with Gasteiger partial charge in [0.15, 0.2) is 0 Å². The third-order valence-electron chi connectivity index (χ3n) is 5.86. The molecule has 0 unspecified atom stereocenters. The van der Waals surface area contributed by atoms with Gasteiger partial charge >= 0.3 is 0 Å². The van der Waals surface area contributed by atoms with Gasteiger partial charge in [-0.15, -0.1) is 0 Å². The highest BCUT2D eigenvalue weighted by Gasteiger charge is 2.37. The molecular formula is C23H26FN3O2. The molecule has 0 aromatic heterocycles. The molecule has 2 aromatic carbocycles. The zero-order valence-electron chi connectivity index (χ0n) is 16.5. The van der Waals surface area contributed by atoms with Crippen molar-refractivity contribution in [3.05, 3.63) is 66.0 Å². The van der Waals surface area contributed by atoms with Gasteiger partial charge in [0, 0.05) is 51.4 Å². The number of hydrogen-bond donors (Lipinski definition) is 0. The second-order valence-corrected chi connectivity index (χ2v) is 7.77. The zero-order valence-corrected chi connectivity index (χ0v) is 16.5. The molecular weight excluding hydrogens is 369 g/mol. The predicted molar refractivity (Wildman–Crippen MR) is 110 cm³/mol. The lowest BCUT2D eigenvalue weighted by Gasteiger charge is -2.37. The van der Waals surface area contributed by atoms with Crippen molar-refractivity contribution in [3.63, 3.8) is 0 Å². The molecule has 29 heavy (non-hydrogen) atoms. The fourth-order valence-corrected chi connectivity index (χ4v) is 4.16. The summed E-state index contributed by atoms with van der Waals surface area (Å²) in [7, 11) is 0. The fourth-order valence-electron chi connectivity index (χ4n) is 4.16. The second kappa shape index (κ2) is 8.64. The number of hydrogen-bond acceptors (Lipinski definition) is 3. The van der Waals surface area contributed by atoms with Crippen molar-refractivity contribution in [2.24, 2.45) is 5.92 Å². The van der Waals surface area contributed by atoms with Crippen LogP contribution in [0, 0.1) is 11.7 Å². The van der Waals surface area contributed by atoms with Gasteiger partial charge in [-0.3, -0.25) is 9.59 Å². The molecule has 1 atom stereocenters. The highest BCUT2D eigenvalue weighted by Crippen LogP contribution is 2.23. The molecule has 4 rings (SSSR count). The number of piperazine rings is 1. The number of benzene rings is 2. The Hall–Kier alpha value is -2.89. The minimum Gasteiger partial charge on any atom is -0.368 e. The molecule has 0 N–H and O–H groups in total. The summed E-state index contributed by atoms with van der Waals surface area (Å²) < 4.78 is 13.1. The van der Waals surface area contributed by atoms with Crippen LogP contribution in [0.15, 0.2) is 54.6 Å². The molecule has 152 valence electrons. The lowest BCUT2D eigenvalue weighted by molar-refractivity contribution is -0.136. The summed E-state index contributed by atoms with van der Waals surface area (Å²) in [6, 6.07) is 16.6. The fraction of sp³-hybridized carbons (Fsp3) is 0.391.